The van der Waals surface area contributed by atoms with Gasteiger partial charge in [-0.1, -0.05) is 6.07 Å². The lowest BCUT2D eigenvalue weighted by Gasteiger charge is -2.03. The van der Waals surface area contributed by atoms with Gasteiger partial charge in [-0.15, -0.1) is 24.0 Å². The number of carbonyl (C=O) groups is 1. The fourth-order valence-corrected chi connectivity index (χ4v) is 2.38. The molecule has 0 fully saturated rings. The minimum atomic E-state index is -0.0733. The van der Waals surface area contributed by atoms with E-state index >= 15 is 0 Å². The molecular weight excluding hydrogens is 252 g/mol. The number of aromatic nitrogens is 1. The highest BCUT2D eigenvalue weighted by atomic mass is 32.1. The topological polar surface area (TPSA) is 42.0 Å². The minimum Gasteiger partial charge on any atom is -0.347 e. The summed E-state index contributed by atoms with van der Waals surface area (Å²) < 4.78 is 0. The number of hydrogen-bond acceptors (Lipinski definition) is 4. The van der Waals surface area contributed by atoms with Crippen molar-refractivity contribution >= 4 is 29.9 Å². The molecule has 3 nitrogen and oxygen atoms in total. The van der Waals surface area contributed by atoms with E-state index < -0.39 is 0 Å². The van der Waals surface area contributed by atoms with Crippen molar-refractivity contribution in [3.05, 3.63) is 45.9 Å². The van der Waals surface area contributed by atoms with E-state index in [0.717, 1.165) is 16.2 Å². The van der Waals surface area contributed by atoms with Gasteiger partial charge in [-0.25, -0.2) is 0 Å². The lowest BCUT2D eigenvalue weighted by Crippen LogP contribution is -2.21. The van der Waals surface area contributed by atoms with E-state index in [0.29, 0.717) is 11.4 Å². The Morgan fingerprint density at radius 3 is 2.94 bits per heavy atom. The maximum atomic E-state index is 11.7. The molecule has 2 aromatic rings. The molecule has 88 valence electrons. The van der Waals surface area contributed by atoms with Crippen molar-refractivity contribution in [2.45, 2.75) is 18.4 Å². The summed E-state index contributed by atoms with van der Waals surface area (Å²) in [4.78, 5) is 17.4. The fraction of sp³-hybridized carbons (Fsp3) is 0.167. The molecule has 2 heterocycles. The van der Waals surface area contributed by atoms with E-state index in [9.17, 15) is 4.79 Å². The Balaban J connectivity index is 1.94. The molecule has 1 amide bonds. The summed E-state index contributed by atoms with van der Waals surface area (Å²) >= 11 is 5.56. The molecule has 5 heteroatoms. The molecule has 0 atom stereocenters. The van der Waals surface area contributed by atoms with Crippen LogP contribution in [0.25, 0.3) is 0 Å². The largest absolute Gasteiger partial charge is 0.347 e. The first-order valence-electron chi connectivity index (χ1n) is 5.12. The maximum absolute atomic E-state index is 11.7. The molecule has 0 unspecified atom stereocenters. The van der Waals surface area contributed by atoms with Gasteiger partial charge in [0.15, 0.2) is 0 Å². The summed E-state index contributed by atoms with van der Waals surface area (Å²) in [6.07, 6.45) is 1.77. The number of hydrogen-bond donors (Lipinski definition) is 2. The van der Waals surface area contributed by atoms with Crippen LogP contribution in [0.5, 0.6) is 0 Å². The maximum Gasteiger partial charge on any atom is 0.261 e. The average Bonchev–Trinajstić information content (AvgIpc) is 2.75. The van der Waals surface area contributed by atoms with Crippen LogP contribution in [0.3, 0.4) is 0 Å². The zero-order valence-corrected chi connectivity index (χ0v) is 11.0. The molecule has 0 aliphatic rings. The molecule has 1 N–H and O–H groups in total. The molecule has 0 saturated carbocycles. The Morgan fingerprint density at radius 2 is 2.35 bits per heavy atom. The molecule has 0 radical (unpaired) electrons. The van der Waals surface area contributed by atoms with Gasteiger partial charge in [0.25, 0.3) is 5.91 Å². The number of thiophene rings is 1. The summed E-state index contributed by atoms with van der Waals surface area (Å²) in [5.41, 5.74) is 1.96. The smallest absolute Gasteiger partial charge is 0.261 e. The van der Waals surface area contributed by atoms with Crippen molar-refractivity contribution in [1.29, 1.82) is 0 Å². The predicted octanol–water partition coefficient (Wildman–Crippen LogP) is 2.67. The first-order chi connectivity index (χ1) is 8.15. The van der Waals surface area contributed by atoms with Crippen LogP contribution in [0.2, 0.25) is 0 Å². The third kappa shape index (κ3) is 3.31. The van der Waals surface area contributed by atoms with E-state index in [1.165, 1.54) is 11.3 Å². The summed E-state index contributed by atoms with van der Waals surface area (Å²) in [6.45, 7) is 2.42. The standard InChI is InChI=1S/C12H12N2OS2/c1-8-2-3-9(5-13-8)6-14-12(15)11-4-10(16)7-17-11/h2-5,7,16H,6H2,1H3,(H,14,15). The number of pyridine rings is 1. The van der Waals surface area contributed by atoms with Crippen molar-refractivity contribution in [3.63, 3.8) is 0 Å². The molecule has 0 aliphatic heterocycles. The molecule has 0 aromatic carbocycles. The van der Waals surface area contributed by atoms with Gasteiger partial charge in [0.05, 0.1) is 4.88 Å². The van der Waals surface area contributed by atoms with Crippen LogP contribution >= 0.6 is 24.0 Å². The van der Waals surface area contributed by atoms with Crippen molar-refractivity contribution < 1.29 is 4.79 Å². The zero-order chi connectivity index (χ0) is 12.3. The Hall–Kier alpha value is -1.33. The molecule has 0 bridgehead atoms. The third-order valence-electron chi connectivity index (χ3n) is 2.24. The second-order valence-corrected chi connectivity index (χ2v) is 5.09. The number of amides is 1. The number of carbonyl (C=O) groups excluding carboxylic acids is 1. The van der Waals surface area contributed by atoms with Crippen LogP contribution in [0.15, 0.2) is 34.7 Å². The van der Waals surface area contributed by atoms with Gasteiger partial charge in [-0.05, 0) is 24.6 Å². The summed E-state index contributed by atoms with van der Waals surface area (Å²) in [5.74, 6) is -0.0733. The monoisotopic (exact) mass is 264 g/mol. The highest BCUT2D eigenvalue weighted by molar-refractivity contribution is 7.80. The minimum absolute atomic E-state index is 0.0733. The van der Waals surface area contributed by atoms with Crippen LogP contribution in [-0.4, -0.2) is 10.9 Å². The van der Waals surface area contributed by atoms with Gasteiger partial charge in [-0.3, -0.25) is 9.78 Å². The highest BCUT2D eigenvalue weighted by Gasteiger charge is 2.07. The molecule has 0 saturated heterocycles. The number of aryl methyl sites for hydroxylation is 1. The van der Waals surface area contributed by atoms with Crippen LogP contribution < -0.4 is 5.32 Å². The van der Waals surface area contributed by atoms with Gasteiger partial charge in [0.1, 0.15) is 0 Å². The summed E-state index contributed by atoms with van der Waals surface area (Å²) in [7, 11) is 0. The molecule has 17 heavy (non-hydrogen) atoms. The zero-order valence-electron chi connectivity index (χ0n) is 9.30. The van der Waals surface area contributed by atoms with Gasteiger partial charge in [-0.2, -0.15) is 0 Å². The van der Waals surface area contributed by atoms with E-state index in [2.05, 4.69) is 22.9 Å². The Bertz CT molecular complexity index is 520. The van der Waals surface area contributed by atoms with Crippen LogP contribution in [-0.2, 0) is 6.54 Å². The first kappa shape index (κ1) is 12.1. The van der Waals surface area contributed by atoms with Crippen LogP contribution in [0.4, 0.5) is 0 Å². The second-order valence-electron chi connectivity index (χ2n) is 3.66. The lowest BCUT2D eigenvalue weighted by atomic mass is 10.2. The Labute approximate surface area is 109 Å². The van der Waals surface area contributed by atoms with Gasteiger partial charge >= 0.3 is 0 Å². The van der Waals surface area contributed by atoms with E-state index in [1.807, 2.05) is 24.4 Å². The van der Waals surface area contributed by atoms with E-state index in [4.69, 9.17) is 0 Å². The number of thiol groups is 1. The van der Waals surface area contributed by atoms with Crippen molar-refractivity contribution in [2.24, 2.45) is 0 Å². The van der Waals surface area contributed by atoms with E-state index in [-0.39, 0.29) is 5.91 Å². The van der Waals surface area contributed by atoms with Gasteiger partial charge < -0.3 is 5.32 Å². The molecule has 2 aromatic heterocycles. The second kappa shape index (κ2) is 5.33. The number of rotatable bonds is 3. The van der Waals surface area contributed by atoms with Crippen LogP contribution in [0, 0.1) is 6.92 Å². The predicted molar refractivity (Wildman–Crippen MR) is 71.7 cm³/mol. The van der Waals surface area contributed by atoms with Gasteiger partial charge in [0, 0.05) is 28.7 Å². The Kier molecular flexibility index (Phi) is 3.81. The SMILES string of the molecule is Cc1ccc(CNC(=O)c2cc(S)cs2)cn1. The molecule has 0 spiro atoms. The molecule has 2 rings (SSSR count). The third-order valence-corrected chi connectivity index (χ3v) is 3.60. The molecular formula is C12H12N2OS2. The van der Waals surface area contributed by atoms with E-state index in [1.54, 1.807) is 12.3 Å². The average molecular weight is 264 g/mol. The summed E-state index contributed by atoms with van der Waals surface area (Å²) in [6, 6.07) is 5.65. The fourth-order valence-electron chi connectivity index (χ4n) is 1.32. The van der Waals surface area contributed by atoms with Crippen molar-refractivity contribution in [3.8, 4) is 0 Å². The number of nitrogens with zero attached hydrogens (tertiary/aromatic N) is 1. The van der Waals surface area contributed by atoms with Gasteiger partial charge in [0.2, 0.25) is 0 Å². The normalized spacial score (nSPS) is 10.2. The lowest BCUT2D eigenvalue weighted by molar-refractivity contribution is 0.0955. The number of nitrogens with one attached hydrogen (secondary N) is 1. The first-order valence-corrected chi connectivity index (χ1v) is 6.45. The molecule has 0 aliphatic carbocycles. The van der Waals surface area contributed by atoms with Crippen molar-refractivity contribution in [1.82, 2.24) is 10.3 Å². The Morgan fingerprint density at radius 1 is 1.53 bits per heavy atom. The van der Waals surface area contributed by atoms with Crippen LogP contribution in [0.1, 0.15) is 20.9 Å². The quantitative estimate of drug-likeness (QED) is 0.837. The van der Waals surface area contributed by atoms with Crippen molar-refractivity contribution in [2.75, 3.05) is 0 Å². The summed E-state index contributed by atoms with van der Waals surface area (Å²) in [5, 5.41) is 4.68. The highest BCUT2D eigenvalue weighted by Crippen LogP contribution is 2.17.